The zero-order valence-electron chi connectivity index (χ0n) is 11.3. The minimum absolute atomic E-state index is 0.0632. The van der Waals surface area contributed by atoms with Crippen LogP contribution in [0.2, 0.25) is 0 Å². The third-order valence-electron chi connectivity index (χ3n) is 3.70. The zero-order chi connectivity index (χ0) is 14.9. The molecule has 0 bridgehead atoms. The van der Waals surface area contributed by atoms with Gasteiger partial charge in [0, 0.05) is 0 Å². The van der Waals surface area contributed by atoms with Crippen LogP contribution in [0, 0.1) is 5.82 Å². The molecule has 1 atom stereocenters. The summed E-state index contributed by atoms with van der Waals surface area (Å²) < 4.78 is 19.4. The summed E-state index contributed by atoms with van der Waals surface area (Å²) in [5.41, 5.74) is 6.16. The highest BCUT2D eigenvalue weighted by atomic mass is 19.1. The number of primary amides is 1. The van der Waals surface area contributed by atoms with E-state index in [0.717, 1.165) is 11.1 Å². The second-order valence-electron chi connectivity index (χ2n) is 5.02. The molecule has 1 aliphatic heterocycles. The first-order chi connectivity index (χ1) is 10.1. The SMILES string of the molecule is NC(=O)C1(Nc2ccccc2F)COCc2ccccc21. The van der Waals surface area contributed by atoms with E-state index in [0.29, 0.717) is 6.61 Å². The maximum atomic E-state index is 13.9. The van der Waals surface area contributed by atoms with Crippen LogP contribution in [0.15, 0.2) is 48.5 Å². The predicted molar refractivity (Wildman–Crippen MR) is 77.0 cm³/mol. The molecule has 5 heteroatoms. The minimum Gasteiger partial charge on any atom is -0.373 e. The number of nitrogens with two attached hydrogens (primary N) is 1. The Morgan fingerprint density at radius 1 is 1.19 bits per heavy atom. The van der Waals surface area contributed by atoms with E-state index in [2.05, 4.69) is 5.32 Å². The van der Waals surface area contributed by atoms with Gasteiger partial charge in [-0.05, 0) is 23.3 Å². The molecule has 2 aromatic carbocycles. The molecular formula is C16H15FN2O2. The van der Waals surface area contributed by atoms with Gasteiger partial charge in [-0.15, -0.1) is 0 Å². The van der Waals surface area contributed by atoms with Crippen molar-refractivity contribution in [2.45, 2.75) is 12.1 Å². The van der Waals surface area contributed by atoms with Gasteiger partial charge in [-0.2, -0.15) is 0 Å². The van der Waals surface area contributed by atoms with E-state index < -0.39 is 17.3 Å². The largest absolute Gasteiger partial charge is 0.373 e. The van der Waals surface area contributed by atoms with E-state index in [1.807, 2.05) is 24.3 Å². The number of anilines is 1. The first kappa shape index (κ1) is 13.6. The zero-order valence-corrected chi connectivity index (χ0v) is 11.3. The summed E-state index contributed by atoms with van der Waals surface area (Å²) in [5, 5.41) is 2.94. The van der Waals surface area contributed by atoms with Crippen molar-refractivity contribution in [2.24, 2.45) is 5.73 Å². The quantitative estimate of drug-likeness (QED) is 0.908. The Hall–Kier alpha value is -2.40. The summed E-state index contributed by atoms with van der Waals surface area (Å²) >= 11 is 0. The number of carbonyl (C=O) groups is 1. The summed E-state index contributed by atoms with van der Waals surface area (Å²) in [6, 6.07) is 13.5. The van der Waals surface area contributed by atoms with E-state index in [9.17, 15) is 9.18 Å². The summed E-state index contributed by atoms with van der Waals surface area (Å²) in [6.07, 6.45) is 0. The van der Waals surface area contributed by atoms with E-state index in [4.69, 9.17) is 10.5 Å². The average Bonchev–Trinajstić information content (AvgIpc) is 2.49. The van der Waals surface area contributed by atoms with Gasteiger partial charge >= 0.3 is 0 Å². The second kappa shape index (κ2) is 5.18. The molecule has 0 saturated heterocycles. The summed E-state index contributed by atoms with van der Waals surface area (Å²) in [5.74, 6) is -1.04. The van der Waals surface area contributed by atoms with Crippen molar-refractivity contribution >= 4 is 11.6 Å². The molecule has 0 saturated carbocycles. The van der Waals surface area contributed by atoms with Gasteiger partial charge in [-0.1, -0.05) is 36.4 Å². The summed E-state index contributed by atoms with van der Waals surface area (Å²) in [6.45, 7) is 0.470. The Bertz CT molecular complexity index is 689. The lowest BCUT2D eigenvalue weighted by Gasteiger charge is -2.37. The first-order valence-electron chi connectivity index (χ1n) is 6.62. The maximum Gasteiger partial charge on any atom is 0.250 e. The van der Waals surface area contributed by atoms with Crippen LogP contribution in [0.3, 0.4) is 0 Å². The fourth-order valence-electron chi connectivity index (χ4n) is 2.62. The highest BCUT2D eigenvalue weighted by Gasteiger charge is 2.43. The van der Waals surface area contributed by atoms with E-state index in [-0.39, 0.29) is 12.3 Å². The Balaban J connectivity index is 2.11. The molecule has 4 nitrogen and oxygen atoms in total. The highest BCUT2D eigenvalue weighted by Crippen LogP contribution is 2.34. The molecular weight excluding hydrogens is 271 g/mol. The Kier molecular flexibility index (Phi) is 3.35. The smallest absolute Gasteiger partial charge is 0.250 e. The fraction of sp³-hybridized carbons (Fsp3) is 0.188. The van der Waals surface area contributed by atoms with Crippen LogP contribution in [-0.2, 0) is 21.7 Å². The van der Waals surface area contributed by atoms with Crippen molar-refractivity contribution in [3.63, 3.8) is 0 Å². The Morgan fingerprint density at radius 2 is 1.90 bits per heavy atom. The van der Waals surface area contributed by atoms with Gasteiger partial charge < -0.3 is 15.8 Å². The van der Waals surface area contributed by atoms with Crippen LogP contribution in [0.4, 0.5) is 10.1 Å². The lowest BCUT2D eigenvalue weighted by atomic mass is 9.84. The van der Waals surface area contributed by atoms with Crippen molar-refractivity contribution in [1.82, 2.24) is 0 Å². The molecule has 3 N–H and O–H groups in total. The predicted octanol–water partition coefficient (Wildman–Crippen LogP) is 2.15. The molecule has 2 aromatic rings. The number of halogens is 1. The third-order valence-corrected chi connectivity index (χ3v) is 3.70. The van der Waals surface area contributed by atoms with E-state index in [1.165, 1.54) is 6.07 Å². The minimum atomic E-state index is -1.27. The van der Waals surface area contributed by atoms with Gasteiger partial charge in [-0.3, -0.25) is 4.79 Å². The lowest BCUT2D eigenvalue weighted by molar-refractivity contribution is -0.125. The number of ether oxygens (including phenoxy) is 1. The molecule has 0 radical (unpaired) electrons. The molecule has 0 fully saturated rings. The molecule has 0 spiro atoms. The molecule has 108 valence electrons. The van der Waals surface area contributed by atoms with Crippen LogP contribution >= 0.6 is 0 Å². The van der Waals surface area contributed by atoms with E-state index in [1.54, 1.807) is 18.2 Å². The number of rotatable bonds is 3. The third kappa shape index (κ3) is 2.25. The summed E-state index contributed by atoms with van der Waals surface area (Å²) in [7, 11) is 0. The second-order valence-corrected chi connectivity index (χ2v) is 5.02. The van der Waals surface area contributed by atoms with Crippen molar-refractivity contribution in [3.05, 3.63) is 65.5 Å². The number of carbonyl (C=O) groups excluding carboxylic acids is 1. The van der Waals surface area contributed by atoms with Crippen LogP contribution in [0.1, 0.15) is 11.1 Å². The van der Waals surface area contributed by atoms with Crippen molar-refractivity contribution < 1.29 is 13.9 Å². The van der Waals surface area contributed by atoms with Crippen LogP contribution in [0.25, 0.3) is 0 Å². The van der Waals surface area contributed by atoms with Crippen molar-refractivity contribution in [1.29, 1.82) is 0 Å². The molecule has 0 aliphatic carbocycles. The van der Waals surface area contributed by atoms with E-state index >= 15 is 0 Å². The molecule has 1 amide bonds. The standard InChI is InChI=1S/C16H15FN2O2/c17-13-7-3-4-8-14(13)19-16(15(18)20)10-21-9-11-5-1-2-6-12(11)16/h1-8,19H,9-10H2,(H2,18,20). The van der Waals surface area contributed by atoms with Crippen molar-refractivity contribution in [3.8, 4) is 0 Å². The number of hydrogen-bond donors (Lipinski definition) is 2. The van der Waals surface area contributed by atoms with Gasteiger partial charge in [0.15, 0.2) is 5.54 Å². The Labute approximate surface area is 121 Å². The number of hydrogen-bond acceptors (Lipinski definition) is 3. The number of benzene rings is 2. The number of amides is 1. The molecule has 21 heavy (non-hydrogen) atoms. The molecule has 1 unspecified atom stereocenters. The van der Waals surface area contributed by atoms with Crippen LogP contribution in [-0.4, -0.2) is 12.5 Å². The normalized spacial score (nSPS) is 20.6. The first-order valence-corrected chi connectivity index (χ1v) is 6.62. The number of fused-ring (bicyclic) bond motifs is 1. The highest BCUT2D eigenvalue weighted by molar-refractivity contribution is 5.90. The van der Waals surface area contributed by atoms with Crippen LogP contribution in [0.5, 0.6) is 0 Å². The molecule has 1 heterocycles. The van der Waals surface area contributed by atoms with Crippen LogP contribution < -0.4 is 11.1 Å². The van der Waals surface area contributed by atoms with Gasteiger partial charge in [-0.25, -0.2) is 4.39 Å². The Morgan fingerprint density at radius 3 is 2.67 bits per heavy atom. The van der Waals surface area contributed by atoms with Gasteiger partial charge in [0.1, 0.15) is 5.82 Å². The summed E-state index contributed by atoms with van der Waals surface area (Å²) in [4.78, 5) is 12.1. The van der Waals surface area contributed by atoms with Gasteiger partial charge in [0.2, 0.25) is 5.91 Å². The number of para-hydroxylation sites is 1. The van der Waals surface area contributed by atoms with Crippen molar-refractivity contribution in [2.75, 3.05) is 11.9 Å². The average molecular weight is 286 g/mol. The maximum absolute atomic E-state index is 13.9. The molecule has 1 aliphatic rings. The molecule has 0 aromatic heterocycles. The fourth-order valence-corrected chi connectivity index (χ4v) is 2.62. The molecule has 3 rings (SSSR count). The van der Waals surface area contributed by atoms with Gasteiger partial charge in [0.05, 0.1) is 18.9 Å². The topological polar surface area (TPSA) is 64.4 Å². The van der Waals surface area contributed by atoms with Gasteiger partial charge in [0.25, 0.3) is 0 Å². The monoisotopic (exact) mass is 286 g/mol. The lowest BCUT2D eigenvalue weighted by Crippen LogP contribution is -2.53. The number of nitrogens with one attached hydrogen (secondary N) is 1.